The van der Waals surface area contributed by atoms with E-state index in [1.807, 2.05) is 66.7 Å². The fourth-order valence-electron chi connectivity index (χ4n) is 2.89. The first-order valence-electron chi connectivity index (χ1n) is 8.82. The molecule has 0 aliphatic rings. The van der Waals surface area contributed by atoms with Gasteiger partial charge in [0.05, 0.1) is 6.42 Å². The van der Waals surface area contributed by atoms with Crippen LogP contribution in [0.5, 0.6) is 0 Å². The first-order valence-corrected chi connectivity index (χ1v) is 9.23. The Bertz CT molecular complexity index is 879. The molecular formula is C22H21N3O2S. The molecule has 0 saturated heterocycles. The van der Waals surface area contributed by atoms with Gasteiger partial charge in [-0.05, 0) is 35.5 Å². The van der Waals surface area contributed by atoms with Crippen molar-refractivity contribution in [2.45, 2.75) is 12.0 Å². The highest BCUT2D eigenvalue weighted by molar-refractivity contribution is 7.80. The Morgan fingerprint density at radius 1 is 0.786 bits per heavy atom. The second-order valence-corrected chi connectivity index (χ2v) is 6.67. The minimum absolute atomic E-state index is 0.165. The third-order valence-electron chi connectivity index (χ3n) is 4.27. The first kappa shape index (κ1) is 19.5. The van der Waals surface area contributed by atoms with Gasteiger partial charge in [-0.25, -0.2) is 0 Å². The minimum atomic E-state index is -1.46. The predicted octanol–water partition coefficient (Wildman–Crippen LogP) is 3.33. The van der Waals surface area contributed by atoms with E-state index in [1.54, 1.807) is 24.3 Å². The number of amides is 1. The molecule has 0 heterocycles. The van der Waals surface area contributed by atoms with Crippen molar-refractivity contribution in [3.05, 3.63) is 102 Å². The SMILES string of the molecule is O=C(CC(O)(c1ccccc1)c1ccccc1)NNC(=S)Nc1ccccc1. The molecule has 4 N–H and O–H groups in total. The summed E-state index contributed by atoms with van der Waals surface area (Å²) < 4.78 is 0. The summed E-state index contributed by atoms with van der Waals surface area (Å²) >= 11 is 5.18. The monoisotopic (exact) mass is 391 g/mol. The molecule has 0 aromatic heterocycles. The summed E-state index contributed by atoms with van der Waals surface area (Å²) in [7, 11) is 0. The highest BCUT2D eigenvalue weighted by atomic mass is 32.1. The maximum atomic E-state index is 12.5. The lowest BCUT2D eigenvalue weighted by Gasteiger charge is -2.29. The van der Waals surface area contributed by atoms with Crippen molar-refractivity contribution in [1.29, 1.82) is 0 Å². The topological polar surface area (TPSA) is 73.4 Å². The summed E-state index contributed by atoms with van der Waals surface area (Å²) in [6, 6.07) is 27.6. The number of carbonyl (C=O) groups is 1. The number of hydrogen-bond donors (Lipinski definition) is 4. The molecule has 0 atom stereocenters. The molecule has 0 fully saturated rings. The van der Waals surface area contributed by atoms with Crippen molar-refractivity contribution in [2.24, 2.45) is 0 Å². The van der Waals surface area contributed by atoms with Crippen LogP contribution < -0.4 is 16.2 Å². The lowest BCUT2D eigenvalue weighted by Crippen LogP contribution is -2.46. The van der Waals surface area contributed by atoms with Crippen molar-refractivity contribution in [1.82, 2.24) is 10.9 Å². The zero-order valence-corrected chi connectivity index (χ0v) is 15.9. The Morgan fingerprint density at radius 3 is 1.75 bits per heavy atom. The molecule has 0 aliphatic heterocycles. The van der Waals surface area contributed by atoms with Crippen LogP contribution in [0, 0.1) is 0 Å². The molecule has 0 unspecified atom stereocenters. The van der Waals surface area contributed by atoms with Crippen LogP contribution in [0.2, 0.25) is 0 Å². The number of hydrazine groups is 1. The van der Waals surface area contributed by atoms with E-state index in [0.717, 1.165) is 5.69 Å². The minimum Gasteiger partial charge on any atom is -0.380 e. The standard InChI is InChI=1S/C22H21N3O2S/c26-20(24-25-21(28)23-19-14-8-3-9-15-19)16-22(27,17-10-4-1-5-11-17)18-12-6-2-7-13-18/h1-15,27H,16H2,(H,24,26)(H2,23,25,28). The number of para-hydroxylation sites is 1. The van der Waals surface area contributed by atoms with Crippen molar-refractivity contribution in [3.8, 4) is 0 Å². The fraction of sp³-hybridized carbons (Fsp3) is 0.0909. The van der Waals surface area contributed by atoms with Crippen LogP contribution in [0.1, 0.15) is 17.5 Å². The zero-order chi connectivity index (χ0) is 19.8. The van der Waals surface area contributed by atoms with Gasteiger partial charge in [-0.15, -0.1) is 0 Å². The largest absolute Gasteiger partial charge is 0.380 e. The Balaban J connectivity index is 1.68. The van der Waals surface area contributed by atoms with E-state index in [9.17, 15) is 9.90 Å². The van der Waals surface area contributed by atoms with Gasteiger partial charge in [0.25, 0.3) is 0 Å². The number of thiocarbonyl (C=S) groups is 1. The third-order valence-corrected chi connectivity index (χ3v) is 4.47. The summed E-state index contributed by atoms with van der Waals surface area (Å²) in [5.74, 6) is -0.396. The summed E-state index contributed by atoms with van der Waals surface area (Å²) in [5, 5.41) is 14.6. The second kappa shape index (κ2) is 9.12. The van der Waals surface area contributed by atoms with Gasteiger partial charge in [0.2, 0.25) is 5.91 Å². The van der Waals surface area contributed by atoms with Crippen LogP contribution in [0.3, 0.4) is 0 Å². The number of anilines is 1. The smallest absolute Gasteiger partial charge is 0.241 e. The molecule has 0 radical (unpaired) electrons. The molecule has 5 nitrogen and oxygen atoms in total. The normalized spacial score (nSPS) is 10.8. The molecular weight excluding hydrogens is 370 g/mol. The van der Waals surface area contributed by atoms with Gasteiger partial charge in [0.15, 0.2) is 5.11 Å². The van der Waals surface area contributed by atoms with Gasteiger partial charge < -0.3 is 10.4 Å². The quantitative estimate of drug-likeness (QED) is 0.397. The lowest BCUT2D eigenvalue weighted by molar-refractivity contribution is -0.125. The average molecular weight is 391 g/mol. The summed E-state index contributed by atoms with van der Waals surface area (Å²) in [5.41, 5.74) is 5.84. The number of benzene rings is 3. The summed E-state index contributed by atoms with van der Waals surface area (Å²) in [6.07, 6.45) is -0.165. The predicted molar refractivity (Wildman–Crippen MR) is 114 cm³/mol. The second-order valence-electron chi connectivity index (χ2n) is 6.26. The number of nitrogens with one attached hydrogen (secondary N) is 3. The molecule has 0 aliphatic carbocycles. The Labute approximate surface area is 169 Å². The molecule has 3 rings (SSSR count). The Morgan fingerprint density at radius 2 is 1.25 bits per heavy atom. The molecule has 0 spiro atoms. The van der Waals surface area contributed by atoms with Crippen LogP contribution in [0.4, 0.5) is 5.69 Å². The van der Waals surface area contributed by atoms with E-state index in [1.165, 1.54) is 0 Å². The van der Waals surface area contributed by atoms with Gasteiger partial charge in [0.1, 0.15) is 5.60 Å². The number of hydrogen-bond acceptors (Lipinski definition) is 3. The third kappa shape index (κ3) is 4.94. The first-order chi connectivity index (χ1) is 13.6. The number of carbonyl (C=O) groups excluding carboxylic acids is 1. The maximum absolute atomic E-state index is 12.5. The molecule has 6 heteroatoms. The molecule has 142 valence electrons. The van der Waals surface area contributed by atoms with Gasteiger partial charge in [-0.3, -0.25) is 15.6 Å². The van der Waals surface area contributed by atoms with Gasteiger partial charge in [-0.2, -0.15) is 0 Å². The van der Waals surface area contributed by atoms with Crippen LogP contribution in [0.25, 0.3) is 0 Å². The van der Waals surface area contributed by atoms with Crippen molar-refractivity contribution in [3.63, 3.8) is 0 Å². The lowest BCUT2D eigenvalue weighted by atomic mass is 9.83. The van der Waals surface area contributed by atoms with Gasteiger partial charge >= 0.3 is 0 Å². The van der Waals surface area contributed by atoms with E-state index in [4.69, 9.17) is 12.2 Å². The number of aliphatic hydroxyl groups is 1. The average Bonchev–Trinajstić information content (AvgIpc) is 2.74. The Kier molecular flexibility index (Phi) is 6.37. The van der Waals surface area contributed by atoms with Crippen LogP contribution in [0.15, 0.2) is 91.0 Å². The Hall–Kier alpha value is -3.22. The van der Waals surface area contributed by atoms with Gasteiger partial charge in [-0.1, -0.05) is 78.9 Å². The van der Waals surface area contributed by atoms with E-state index < -0.39 is 11.5 Å². The molecule has 0 saturated carbocycles. The molecule has 3 aromatic carbocycles. The highest BCUT2D eigenvalue weighted by Gasteiger charge is 2.34. The molecule has 1 amide bonds. The van der Waals surface area contributed by atoms with Crippen LogP contribution >= 0.6 is 12.2 Å². The van der Waals surface area contributed by atoms with Crippen molar-refractivity contribution < 1.29 is 9.90 Å². The van der Waals surface area contributed by atoms with E-state index >= 15 is 0 Å². The van der Waals surface area contributed by atoms with Crippen LogP contribution in [-0.2, 0) is 10.4 Å². The van der Waals surface area contributed by atoms with Crippen LogP contribution in [-0.4, -0.2) is 16.1 Å². The van der Waals surface area contributed by atoms with Crippen molar-refractivity contribution in [2.75, 3.05) is 5.32 Å². The molecule has 3 aromatic rings. The van der Waals surface area contributed by atoms with E-state index in [2.05, 4.69) is 16.2 Å². The summed E-state index contributed by atoms with van der Waals surface area (Å²) in [4.78, 5) is 12.5. The molecule has 0 bridgehead atoms. The van der Waals surface area contributed by atoms with Gasteiger partial charge in [0, 0.05) is 5.69 Å². The van der Waals surface area contributed by atoms with E-state index in [0.29, 0.717) is 11.1 Å². The maximum Gasteiger partial charge on any atom is 0.241 e. The highest BCUT2D eigenvalue weighted by Crippen LogP contribution is 2.32. The van der Waals surface area contributed by atoms with E-state index in [-0.39, 0.29) is 11.5 Å². The fourth-order valence-corrected chi connectivity index (χ4v) is 3.05. The zero-order valence-electron chi connectivity index (χ0n) is 15.1. The van der Waals surface area contributed by atoms with Crippen molar-refractivity contribution >= 4 is 28.9 Å². The summed E-state index contributed by atoms with van der Waals surface area (Å²) in [6.45, 7) is 0. The molecule has 28 heavy (non-hydrogen) atoms. The number of rotatable bonds is 5.